The summed E-state index contributed by atoms with van der Waals surface area (Å²) in [6.45, 7) is 0. The highest BCUT2D eigenvalue weighted by molar-refractivity contribution is 9.10. The number of hydrogen-bond acceptors (Lipinski definition) is 1. The summed E-state index contributed by atoms with van der Waals surface area (Å²) in [5, 5.41) is 2.87. The maximum absolute atomic E-state index is 12.8. The lowest BCUT2D eigenvalue weighted by molar-refractivity contribution is 0.103. The van der Waals surface area contributed by atoms with Gasteiger partial charge in [-0.2, -0.15) is 0 Å². The quantitative estimate of drug-likeness (QED) is 0.404. The number of hydrogen-bond donors (Lipinski definition) is 0. The Morgan fingerprint density at radius 3 is 2.52 bits per heavy atom. The Hall–Kier alpha value is -2.10. The molecule has 0 atom stereocenters. The molecule has 4 rings (SSSR count). The average Bonchev–Trinajstić information content (AvgIpc) is 2.92. The summed E-state index contributed by atoms with van der Waals surface area (Å²) in [5.74, 6) is -0.0300. The van der Waals surface area contributed by atoms with E-state index in [0.29, 0.717) is 16.3 Å². The Morgan fingerprint density at radius 2 is 1.74 bits per heavy atom. The molecule has 0 saturated heterocycles. The van der Waals surface area contributed by atoms with E-state index < -0.39 is 0 Å². The second-order valence-electron chi connectivity index (χ2n) is 5.34. The van der Waals surface area contributed by atoms with Gasteiger partial charge in [-0.25, -0.2) is 0 Å². The van der Waals surface area contributed by atoms with E-state index in [2.05, 4.69) is 28.1 Å². The predicted octanol–water partition coefficient (Wildman–Crippen LogP) is 5.74. The fourth-order valence-electron chi connectivity index (χ4n) is 2.84. The predicted molar refractivity (Wildman–Crippen MR) is 97.5 cm³/mol. The molecule has 2 aromatic carbocycles. The molecule has 0 aliphatic heterocycles. The van der Waals surface area contributed by atoms with Crippen molar-refractivity contribution in [3.05, 3.63) is 87.6 Å². The van der Waals surface area contributed by atoms with Gasteiger partial charge >= 0.3 is 0 Å². The normalized spacial score (nSPS) is 11.2. The van der Waals surface area contributed by atoms with Crippen molar-refractivity contribution in [2.45, 2.75) is 0 Å². The number of ketones is 1. The molecular formula is C19H11BrClNO. The van der Waals surface area contributed by atoms with Crippen LogP contribution in [0.5, 0.6) is 0 Å². The van der Waals surface area contributed by atoms with Crippen LogP contribution in [0.4, 0.5) is 0 Å². The van der Waals surface area contributed by atoms with Gasteiger partial charge in [0.1, 0.15) is 0 Å². The number of carbonyl (C=O) groups is 1. The van der Waals surface area contributed by atoms with Gasteiger partial charge in [0.25, 0.3) is 0 Å². The lowest BCUT2D eigenvalue weighted by Gasteiger charge is -2.05. The van der Waals surface area contributed by atoms with Crippen LogP contribution in [0.1, 0.15) is 16.1 Å². The van der Waals surface area contributed by atoms with Crippen LogP contribution in [0.2, 0.25) is 5.02 Å². The van der Waals surface area contributed by atoms with Crippen LogP contribution in [0.15, 0.2) is 71.3 Å². The third-order valence-electron chi connectivity index (χ3n) is 3.95. The van der Waals surface area contributed by atoms with Crippen LogP contribution in [0.25, 0.3) is 16.3 Å². The van der Waals surface area contributed by atoms with Crippen molar-refractivity contribution < 1.29 is 4.79 Å². The van der Waals surface area contributed by atoms with Gasteiger partial charge in [0.15, 0.2) is 0 Å². The molecule has 4 heteroatoms. The molecule has 0 aliphatic carbocycles. The topological polar surface area (TPSA) is 21.5 Å². The van der Waals surface area contributed by atoms with Gasteiger partial charge < -0.3 is 4.40 Å². The smallest absolute Gasteiger partial charge is 0.209 e. The Morgan fingerprint density at radius 1 is 1.00 bits per heavy atom. The number of fused-ring (bicyclic) bond motifs is 3. The summed E-state index contributed by atoms with van der Waals surface area (Å²) in [6, 6.07) is 19.0. The first kappa shape index (κ1) is 14.5. The largest absolute Gasteiger partial charge is 0.312 e. The lowest BCUT2D eigenvalue weighted by atomic mass is 10.1. The summed E-state index contributed by atoms with van der Waals surface area (Å²) < 4.78 is 2.84. The average molecular weight is 385 g/mol. The van der Waals surface area contributed by atoms with Crippen LogP contribution in [0.3, 0.4) is 0 Å². The summed E-state index contributed by atoms with van der Waals surface area (Å²) in [6.07, 6.45) is 1.94. The highest BCUT2D eigenvalue weighted by Crippen LogP contribution is 2.30. The van der Waals surface area contributed by atoms with E-state index >= 15 is 0 Å². The van der Waals surface area contributed by atoms with Crippen molar-refractivity contribution in [3.8, 4) is 0 Å². The van der Waals surface area contributed by atoms with E-state index in [1.54, 1.807) is 24.3 Å². The maximum atomic E-state index is 12.8. The van der Waals surface area contributed by atoms with Crippen LogP contribution in [-0.2, 0) is 0 Å². The molecule has 0 aliphatic rings. The molecule has 0 N–H and O–H groups in total. The standard InChI is InChI=1S/C19H11BrClNO/c20-16-11-17(19(23)13-5-7-14(21)8-6-13)22-10-9-12-3-1-2-4-15(12)18(16)22/h1-11H. The van der Waals surface area contributed by atoms with E-state index in [0.717, 1.165) is 20.8 Å². The van der Waals surface area contributed by atoms with Crippen LogP contribution >= 0.6 is 27.5 Å². The third-order valence-corrected chi connectivity index (χ3v) is 4.80. The molecule has 0 saturated carbocycles. The van der Waals surface area contributed by atoms with Gasteiger partial charge in [0.2, 0.25) is 5.78 Å². The molecule has 2 nitrogen and oxygen atoms in total. The number of halogens is 2. The molecule has 112 valence electrons. The third kappa shape index (κ3) is 2.37. The van der Waals surface area contributed by atoms with Gasteiger partial charge in [-0.1, -0.05) is 35.9 Å². The van der Waals surface area contributed by atoms with Crippen molar-refractivity contribution >= 4 is 49.6 Å². The molecule has 0 radical (unpaired) electrons. The first-order valence-electron chi connectivity index (χ1n) is 7.14. The molecule has 4 aromatic rings. The SMILES string of the molecule is O=C(c1ccc(Cl)cc1)c1cc(Br)c2c3ccccc3ccn12. The van der Waals surface area contributed by atoms with E-state index in [4.69, 9.17) is 11.6 Å². The fraction of sp³-hybridized carbons (Fsp3) is 0. The zero-order valence-electron chi connectivity index (χ0n) is 12.0. The van der Waals surface area contributed by atoms with Crippen LogP contribution in [0, 0.1) is 0 Å². The first-order chi connectivity index (χ1) is 11.1. The number of aromatic nitrogens is 1. The van der Waals surface area contributed by atoms with Gasteiger partial charge in [0.05, 0.1) is 11.2 Å². The van der Waals surface area contributed by atoms with Gasteiger partial charge in [-0.05, 0) is 57.7 Å². The molecular weight excluding hydrogens is 374 g/mol. The van der Waals surface area contributed by atoms with E-state index in [-0.39, 0.29) is 5.78 Å². The minimum absolute atomic E-state index is 0.0300. The molecule has 0 spiro atoms. The van der Waals surface area contributed by atoms with Crippen molar-refractivity contribution in [2.24, 2.45) is 0 Å². The molecule has 23 heavy (non-hydrogen) atoms. The number of rotatable bonds is 2. The second kappa shape index (κ2) is 5.52. The van der Waals surface area contributed by atoms with E-state index in [9.17, 15) is 4.79 Å². The summed E-state index contributed by atoms with van der Waals surface area (Å²) in [5.41, 5.74) is 2.25. The summed E-state index contributed by atoms with van der Waals surface area (Å²) in [4.78, 5) is 12.8. The zero-order chi connectivity index (χ0) is 16.0. The van der Waals surface area contributed by atoms with Crippen molar-refractivity contribution in [1.82, 2.24) is 4.40 Å². The summed E-state index contributed by atoms with van der Waals surface area (Å²) in [7, 11) is 0. The maximum Gasteiger partial charge on any atom is 0.209 e. The minimum atomic E-state index is -0.0300. The number of benzene rings is 2. The van der Waals surface area contributed by atoms with Gasteiger partial charge in [-0.15, -0.1) is 0 Å². The van der Waals surface area contributed by atoms with Crippen LogP contribution in [-0.4, -0.2) is 10.2 Å². The minimum Gasteiger partial charge on any atom is -0.312 e. The van der Waals surface area contributed by atoms with Crippen LogP contribution < -0.4 is 0 Å². The Kier molecular flexibility index (Phi) is 3.47. The molecule has 0 amide bonds. The highest BCUT2D eigenvalue weighted by atomic mass is 79.9. The molecule has 0 fully saturated rings. The molecule has 2 heterocycles. The monoisotopic (exact) mass is 383 g/mol. The van der Waals surface area contributed by atoms with Crippen molar-refractivity contribution in [1.29, 1.82) is 0 Å². The number of pyridine rings is 1. The van der Waals surface area contributed by atoms with Gasteiger partial charge in [-0.3, -0.25) is 4.79 Å². The second-order valence-corrected chi connectivity index (χ2v) is 6.63. The van der Waals surface area contributed by atoms with Gasteiger partial charge in [0, 0.05) is 26.6 Å². The lowest BCUT2D eigenvalue weighted by Crippen LogP contribution is -2.04. The molecule has 0 unspecified atom stereocenters. The zero-order valence-corrected chi connectivity index (χ0v) is 14.3. The Labute approximate surface area is 146 Å². The fourth-order valence-corrected chi connectivity index (χ4v) is 3.59. The first-order valence-corrected chi connectivity index (χ1v) is 8.31. The molecule has 0 bridgehead atoms. The molecule has 2 aromatic heterocycles. The van der Waals surface area contributed by atoms with E-state index in [1.807, 2.05) is 34.9 Å². The number of carbonyl (C=O) groups excluding carboxylic acids is 1. The highest BCUT2D eigenvalue weighted by Gasteiger charge is 2.17. The Bertz CT molecular complexity index is 1050. The van der Waals surface area contributed by atoms with E-state index in [1.165, 1.54) is 0 Å². The van der Waals surface area contributed by atoms with Crippen molar-refractivity contribution in [2.75, 3.05) is 0 Å². The van der Waals surface area contributed by atoms with Crippen molar-refractivity contribution in [3.63, 3.8) is 0 Å². The Balaban J connectivity index is 1.96. The number of nitrogens with zero attached hydrogens (tertiary/aromatic N) is 1. The summed E-state index contributed by atoms with van der Waals surface area (Å²) >= 11 is 9.50.